The molecule has 1 fully saturated rings. The largest absolute Gasteiger partial charge is 0.445 e. The molecular formula is C15H16ClFN2O. The van der Waals surface area contributed by atoms with Crippen molar-refractivity contribution in [2.24, 2.45) is 5.92 Å². The Morgan fingerprint density at radius 1 is 1.50 bits per heavy atom. The highest BCUT2D eigenvalue weighted by Gasteiger charge is 2.32. The molecule has 0 unspecified atom stereocenters. The third-order valence-corrected chi connectivity index (χ3v) is 3.83. The summed E-state index contributed by atoms with van der Waals surface area (Å²) >= 11 is 5.87. The molecule has 5 heteroatoms. The second-order valence-electron chi connectivity index (χ2n) is 5.23. The quantitative estimate of drug-likeness (QED) is 0.905. The molecule has 20 heavy (non-hydrogen) atoms. The summed E-state index contributed by atoms with van der Waals surface area (Å²) in [6.07, 6.45) is 4.06. The van der Waals surface area contributed by atoms with E-state index in [1.54, 1.807) is 18.3 Å². The van der Waals surface area contributed by atoms with Gasteiger partial charge in [0.25, 0.3) is 0 Å². The fraction of sp³-hybridized carbons (Fsp3) is 0.400. The number of rotatable bonds is 5. The summed E-state index contributed by atoms with van der Waals surface area (Å²) < 4.78 is 18.7. The molecule has 1 heterocycles. The first-order chi connectivity index (χ1) is 9.63. The first kappa shape index (κ1) is 13.6. The summed E-state index contributed by atoms with van der Waals surface area (Å²) in [5.74, 6) is 1.66. The molecule has 0 amide bonds. The molecule has 1 aromatic carbocycles. The van der Waals surface area contributed by atoms with Gasteiger partial charge in [0, 0.05) is 6.04 Å². The van der Waals surface area contributed by atoms with E-state index in [9.17, 15) is 4.39 Å². The van der Waals surface area contributed by atoms with Gasteiger partial charge in [-0.05, 0) is 43.4 Å². The fourth-order valence-corrected chi connectivity index (χ4v) is 2.56. The average molecular weight is 295 g/mol. The van der Waals surface area contributed by atoms with Gasteiger partial charge in [0.1, 0.15) is 11.6 Å². The minimum Gasteiger partial charge on any atom is -0.445 e. The lowest BCUT2D eigenvalue weighted by Gasteiger charge is -2.18. The fourth-order valence-electron chi connectivity index (χ4n) is 2.37. The predicted octanol–water partition coefficient (Wildman–Crippen LogP) is 4.02. The number of aryl methyl sites for hydroxylation is 1. The monoisotopic (exact) mass is 294 g/mol. The van der Waals surface area contributed by atoms with Crippen LogP contribution in [-0.4, -0.2) is 4.98 Å². The van der Waals surface area contributed by atoms with Crippen molar-refractivity contribution in [1.82, 2.24) is 10.3 Å². The maximum atomic E-state index is 13.3. The molecule has 1 saturated carbocycles. The van der Waals surface area contributed by atoms with Crippen LogP contribution in [0.4, 0.5) is 4.39 Å². The smallest absolute Gasteiger partial charge is 0.208 e. The molecule has 2 aromatic rings. The van der Waals surface area contributed by atoms with Gasteiger partial charge >= 0.3 is 0 Å². The number of nitrogens with zero attached hydrogens (tertiary/aromatic N) is 1. The van der Waals surface area contributed by atoms with E-state index in [2.05, 4.69) is 10.3 Å². The molecule has 1 atom stereocenters. The summed E-state index contributed by atoms with van der Waals surface area (Å²) in [7, 11) is 0. The van der Waals surface area contributed by atoms with E-state index in [4.69, 9.17) is 16.0 Å². The van der Waals surface area contributed by atoms with Crippen LogP contribution >= 0.6 is 11.6 Å². The molecule has 1 aliphatic carbocycles. The van der Waals surface area contributed by atoms with Gasteiger partial charge in [-0.3, -0.25) is 0 Å². The molecule has 1 N–H and O–H groups in total. The van der Waals surface area contributed by atoms with Crippen LogP contribution < -0.4 is 5.32 Å². The maximum Gasteiger partial charge on any atom is 0.208 e. The first-order valence-corrected chi connectivity index (χ1v) is 7.11. The van der Waals surface area contributed by atoms with Crippen molar-refractivity contribution in [2.45, 2.75) is 32.4 Å². The van der Waals surface area contributed by atoms with Crippen molar-refractivity contribution >= 4 is 11.6 Å². The van der Waals surface area contributed by atoms with Crippen molar-refractivity contribution in [3.8, 4) is 0 Å². The highest BCUT2D eigenvalue weighted by atomic mass is 35.5. The maximum absolute atomic E-state index is 13.3. The lowest BCUT2D eigenvalue weighted by molar-refractivity contribution is 0.406. The average Bonchev–Trinajstić information content (AvgIpc) is 3.17. The van der Waals surface area contributed by atoms with Crippen molar-refractivity contribution in [3.63, 3.8) is 0 Å². The Morgan fingerprint density at radius 3 is 2.90 bits per heavy atom. The standard InChI is InChI=1S/C15H16ClFN2O/c1-9-7-18-14(20-9)8-19-15(10-2-3-10)11-4-5-13(17)12(16)6-11/h4-7,10,15,19H,2-3,8H2,1H3/t15-/m0/s1. The van der Waals surface area contributed by atoms with Gasteiger partial charge < -0.3 is 9.73 Å². The number of aromatic nitrogens is 1. The highest BCUT2D eigenvalue weighted by Crippen LogP contribution is 2.41. The molecule has 1 aromatic heterocycles. The molecule has 3 nitrogen and oxygen atoms in total. The Bertz CT molecular complexity index is 610. The lowest BCUT2D eigenvalue weighted by atomic mass is 10.0. The number of hydrogen-bond donors (Lipinski definition) is 1. The van der Waals surface area contributed by atoms with Crippen LogP contribution in [0.25, 0.3) is 0 Å². The van der Waals surface area contributed by atoms with Crippen LogP contribution in [0.2, 0.25) is 5.02 Å². The number of halogens is 2. The van der Waals surface area contributed by atoms with Crippen LogP contribution in [0, 0.1) is 18.7 Å². The summed E-state index contributed by atoms with van der Waals surface area (Å²) in [5.41, 5.74) is 1.02. The normalized spacial score (nSPS) is 16.4. The number of nitrogens with one attached hydrogen (secondary N) is 1. The van der Waals surface area contributed by atoms with Crippen LogP contribution in [0.5, 0.6) is 0 Å². The Balaban J connectivity index is 1.73. The lowest BCUT2D eigenvalue weighted by Crippen LogP contribution is -2.22. The molecule has 3 rings (SSSR count). The van der Waals surface area contributed by atoms with Gasteiger partial charge in [0.2, 0.25) is 5.89 Å². The van der Waals surface area contributed by atoms with E-state index >= 15 is 0 Å². The zero-order chi connectivity index (χ0) is 14.1. The Kier molecular flexibility index (Phi) is 3.76. The second kappa shape index (κ2) is 5.54. The van der Waals surface area contributed by atoms with Gasteiger partial charge in [-0.1, -0.05) is 17.7 Å². The zero-order valence-corrected chi connectivity index (χ0v) is 12.0. The number of benzene rings is 1. The van der Waals surface area contributed by atoms with Crippen LogP contribution in [-0.2, 0) is 6.54 Å². The highest BCUT2D eigenvalue weighted by molar-refractivity contribution is 6.30. The Labute approximate surface area is 122 Å². The SMILES string of the molecule is Cc1cnc(CN[C@H](c2ccc(F)c(Cl)c2)C2CC2)o1. The van der Waals surface area contributed by atoms with Crippen LogP contribution in [0.15, 0.2) is 28.8 Å². The van der Waals surface area contributed by atoms with Gasteiger partial charge in [-0.25, -0.2) is 9.37 Å². The third-order valence-electron chi connectivity index (χ3n) is 3.54. The van der Waals surface area contributed by atoms with E-state index in [0.29, 0.717) is 18.4 Å². The van der Waals surface area contributed by atoms with E-state index in [-0.39, 0.29) is 16.9 Å². The Hall–Kier alpha value is -1.39. The number of oxazole rings is 1. The molecule has 106 valence electrons. The minimum atomic E-state index is -0.381. The van der Waals surface area contributed by atoms with E-state index in [1.807, 2.05) is 6.92 Å². The topological polar surface area (TPSA) is 38.1 Å². The van der Waals surface area contributed by atoms with Crippen molar-refractivity contribution in [1.29, 1.82) is 0 Å². The third kappa shape index (κ3) is 3.02. The molecule has 0 saturated heterocycles. The summed E-state index contributed by atoms with van der Waals surface area (Å²) in [6, 6.07) is 5.08. The minimum absolute atomic E-state index is 0.167. The Morgan fingerprint density at radius 2 is 2.30 bits per heavy atom. The van der Waals surface area contributed by atoms with E-state index in [1.165, 1.54) is 18.9 Å². The van der Waals surface area contributed by atoms with Crippen molar-refractivity contribution in [2.75, 3.05) is 0 Å². The molecule has 0 bridgehead atoms. The van der Waals surface area contributed by atoms with Gasteiger partial charge in [-0.2, -0.15) is 0 Å². The summed E-state index contributed by atoms with van der Waals surface area (Å²) in [6.45, 7) is 2.43. The van der Waals surface area contributed by atoms with E-state index in [0.717, 1.165) is 11.3 Å². The van der Waals surface area contributed by atoms with Crippen LogP contribution in [0.3, 0.4) is 0 Å². The van der Waals surface area contributed by atoms with E-state index < -0.39 is 0 Å². The second-order valence-corrected chi connectivity index (χ2v) is 5.64. The summed E-state index contributed by atoms with van der Waals surface area (Å²) in [5, 5.41) is 3.61. The van der Waals surface area contributed by atoms with Gasteiger partial charge in [0.15, 0.2) is 0 Å². The predicted molar refractivity (Wildman–Crippen MR) is 75.0 cm³/mol. The summed E-state index contributed by atoms with van der Waals surface area (Å²) in [4.78, 5) is 4.18. The van der Waals surface area contributed by atoms with Gasteiger partial charge in [-0.15, -0.1) is 0 Å². The molecule has 0 radical (unpaired) electrons. The molecule has 0 spiro atoms. The van der Waals surface area contributed by atoms with Gasteiger partial charge in [0.05, 0.1) is 17.8 Å². The molecular weight excluding hydrogens is 279 g/mol. The zero-order valence-electron chi connectivity index (χ0n) is 11.2. The van der Waals surface area contributed by atoms with Crippen LogP contribution in [0.1, 0.15) is 36.1 Å². The first-order valence-electron chi connectivity index (χ1n) is 6.73. The molecule has 1 aliphatic rings. The molecule has 0 aliphatic heterocycles. The van der Waals surface area contributed by atoms with Crippen molar-refractivity contribution in [3.05, 3.63) is 52.5 Å². The van der Waals surface area contributed by atoms with Crippen molar-refractivity contribution < 1.29 is 8.81 Å². The number of hydrogen-bond acceptors (Lipinski definition) is 3.